The van der Waals surface area contributed by atoms with Gasteiger partial charge in [-0.2, -0.15) is 0 Å². The predicted octanol–water partition coefficient (Wildman–Crippen LogP) is 2.75. The molecule has 3 heteroatoms. The van der Waals surface area contributed by atoms with Gasteiger partial charge < -0.3 is 4.23 Å². The van der Waals surface area contributed by atoms with Crippen LogP contribution in [0.3, 0.4) is 0 Å². The standard InChI is InChI=1S/C7H20NSi2/c1-8(9(2,3)4)10(5,6)7/h1H2,2-7H3. The highest BCUT2D eigenvalue weighted by atomic mass is 28.4. The molecule has 0 rings (SSSR count). The minimum absolute atomic E-state index is 1.11. The van der Waals surface area contributed by atoms with Gasteiger partial charge in [-0.1, -0.05) is 39.3 Å². The molecule has 0 aromatic carbocycles. The van der Waals surface area contributed by atoms with E-state index in [2.05, 4.69) is 50.6 Å². The molecule has 0 heterocycles. The van der Waals surface area contributed by atoms with Gasteiger partial charge in [0.25, 0.3) is 0 Å². The van der Waals surface area contributed by atoms with Crippen LogP contribution in [0.25, 0.3) is 0 Å². The van der Waals surface area contributed by atoms with E-state index >= 15 is 0 Å². The van der Waals surface area contributed by atoms with E-state index in [-0.39, 0.29) is 0 Å². The van der Waals surface area contributed by atoms with E-state index in [4.69, 9.17) is 0 Å². The van der Waals surface area contributed by atoms with Gasteiger partial charge in [-0.25, -0.2) is 0 Å². The Kier molecular flexibility index (Phi) is 2.90. The molecule has 0 bridgehead atoms. The Balaban J connectivity index is 4.23. The largest absolute Gasteiger partial charge is 0.345 e. The number of hydrogen-bond donors (Lipinski definition) is 0. The van der Waals surface area contributed by atoms with Crippen molar-refractivity contribution in [2.45, 2.75) is 39.3 Å². The van der Waals surface area contributed by atoms with Crippen molar-refractivity contribution < 1.29 is 0 Å². The lowest BCUT2D eigenvalue weighted by Crippen LogP contribution is -2.55. The van der Waals surface area contributed by atoms with Gasteiger partial charge in [0, 0.05) is 0 Å². The second-order valence-corrected chi connectivity index (χ2v) is 15.0. The van der Waals surface area contributed by atoms with Gasteiger partial charge in [0.1, 0.15) is 16.5 Å². The van der Waals surface area contributed by atoms with Crippen LogP contribution in [0.5, 0.6) is 0 Å². The van der Waals surface area contributed by atoms with Crippen LogP contribution in [0.4, 0.5) is 0 Å². The first-order valence-corrected chi connectivity index (χ1v) is 10.7. The van der Waals surface area contributed by atoms with Crippen molar-refractivity contribution in [2.24, 2.45) is 0 Å². The number of hydrogen-bond acceptors (Lipinski definition) is 1. The molecule has 0 aliphatic carbocycles. The third-order valence-corrected chi connectivity index (χ3v) is 8.88. The average Bonchev–Trinajstić information content (AvgIpc) is 1.59. The molecule has 0 aromatic heterocycles. The molecule has 0 aromatic rings. The summed E-state index contributed by atoms with van der Waals surface area (Å²) >= 11 is 0. The summed E-state index contributed by atoms with van der Waals surface area (Å²) in [6.45, 7) is 14.1. The SMILES string of the molecule is [CH2]N([Si](C)(C)C)[Si](C)(C)C. The van der Waals surface area contributed by atoms with E-state index in [1.807, 2.05) is 0 Å². The molecular formula is C7H20NSi2. The van der Waals surface area contributed by atoms with Crippen LogP contribution in [-0.2, 0) is 0 Å². The first-order chi connectivity index (χ1) is 4.15. The third kappa shape index (κ3) is 2.99. The molecule has 1 radical (unpaired) electrons. The molecule has 0 saturated carbocycles. The Labute approximate surface area is 67.6 Å². The molecular weight excluding hydrogens is 154 g/mol. The van der Waals surface area contributed by atoms with Crippen molar-refractivity contribution in [1.29, 1.82) is 0 Å². The average molecular weight is 174 g/mol. The second-order valence-electron chi connectivity index (χ2n) is 4.77. The smallest absolute Gasteiger partial charge is 0.112 e. The summed E-state index contributed by atoms with van der Waals surface area (Å²) in [4.78, 5) is 0. The fourth-order valence-electron chi connectivity index (χ4n) is 1.01. The third-order valence-electron chi connectivity index (χ3n) is 1.62. The van der Waals surface area contributed by atoms with Crippen LogP contribution in [0, 0.1) is 7.05 Å². The Morgan fingerprint density at radius 2 is 1.00 bits per heavy atom. The van der Waals surface area contributed by atoms with Crippen LogP contribution in [0.15, 0.2) is 0 Å². The molecule has 10 heavy (non-hydrogen) atoms. The van der Waals surface area contributed by atoms with Crippen LogP contribution < -0.4 is 0 Å². The summed E-state index contributed by atoms with van der Waals surface area (Å²) in [6, 6.07) is 0. The lowest BCUT2D eigenvalue weighted by Gasteiger charge is -2.39. The van der Waals surface area contributed by atoms with Gasteiger partial charge in [0.15, 0.2) is 0 Å². The summed E-state index contributed by atoms with van der Waals surface area (Å²) in [5.41, 5.74) is 0. The Hall–Kier alpha value is 0.394. The number of rotatable bonds is 2. The Morgan fingerprint density at radius 3 is 1.00 bits per heavy atom. The monoisotopic (exact) mass is 174 g/mol. The fraction of sp³-hybridized carbons (Fsp3) is 0.857. The van der Waals surface area contributed by atoms with Crippen LogP contribution >= 0.6 is 0 Å². The number of nitrogens with zero attached hydrogens (tertiary/aromatic N) is 1. The maximum Gasteiger partial charge on any atom is 0.112 e. The minimum Gasteiger partial charge on any atom is -0.345 e. The van der Waals surface area contributed by atoms with E-state index in [1.54, 1.807) is 0 Å². The highest BCUT2D eigenvalue weighted by Crippen LogP contribution is 2.17. The fourth-order valence-corrected chi connectivity index (χ4v) is 9.06. The van der Waals surface area contributed by atoms with Gasteiger partial charge >= 0.3 is 0 Å². The summed E-state index contributed by atoms with van der Waals surface area (Å²) in [7, 11) is 1.91. The quantitative estimate of drug-likeness (QED) is 0.582. The van der Waals surface area contributed by atoms with Gasteiger partial charge in [-0.05, 0) is 7.05 Å². The molecule has 61 valence electrons. The van der Waals surface area contributed by atoms with Crippen molar-refractivity contribution in [3.63, 3.8) is 0 Å². The molecule has 0 N–H and O–H groups in total. The van der Waals surface area contributed by atoms with E-state index in [0.717, 1.165) is 0 Å². The Bertz CT molecular complexity index is 95.8. The molecule has 0 atom stereocenters. The zero-order chi connectivity index (χ0) is 8.58. The molecule has 0 unspecified atom stereocenters. The zero-order valence-corrected chi connectivity index (χ0v) is 10.2. The van der Waals surface area contributed by atoms with Crippen LogP contribution in [-0.4, -0.2) is 20.7 Å². The first-order valence-electron chi connectivity index (χ1n) is 3.76. The van der Waals surface area contributed by atoms with Crippen molar-refractivity contribution in [2.75, 3.05) is 0 Å². The van der Waals surface area contributed by atoms with Gasteiger partial charge in [-0.3, -0.25) is 0 Å². The van der Waals surface area contributed by atoms with Gasteiger partial charge in [-0.15, -0.1) is 0 Å². The minimum atomic E-state index is -1.11. The maximum absolute atomic E-state index is 4.14. The molecule has 0 fully saturated rings. The van der Waals surface area contributed by atoms with E-state index in [9.17, 15) is 0 Å². The van der Waals surface area contributed by atoms with Crippen molar-refractivity contribution in [1.82, 2.24) is 4.23 Å². The lowest BCUT2D eigenvalue weighted by molar-refractivity contribution is 0.825. The van der Waals surface area contributed by atoms with E-state index in [1.165, 1.54) is 0 Å². The first kappa shape index (κ1) is 10.4. The predicted molar refractivity (Wildman–Crippen MR) is 53.9 cm³/mol. The molecule has 0 aliphatic heterocycles. The normalized spacial score (nSPS) is 14.4. The van der Waals surface area contributed by atoms with Crippen LogP contribution in [0.2, 0.25) is 39.3 Å². The van der Waals surface area contributed by atoms with Gasteiger partial charge in [0.05, 0.1) is 0 Å². The maximum atomic E-state index is 4.14. The highest BCUT2D eigenvalue weighted by Gasteiger charge is 2.30. The van der Waals surface area contributed by atoms with Crippen molar-refractivity contribution in [3.8, 4) is 0 Å². The molecule has 0 aliphatic rings. The van der Waals surface area contributed by atoms with Crippen molar-refractivity contribution >= 4 is 16.5 Å². The summed E-state index contributed by atoms with van der Waals surface area (Å²) in [5, 5.41) is 0. The summed E-state index contributed by atoms with van der Waals surface area (Å²) < 4.78 is 2.40. The zero-order valence-electron chi connectivity index (χ0n) is 8.15. The van der Waals surface area contributed by atoms with E-state index in [0.29, 0.717) is 0 Å². The topological polar surface area (TPSA) is 3.24 Å². The molecule has 0 amide bonds. The highest BCUT2D eigenvalue weighted by molar-refractivity contribution is 6.89. The summed E-state index contributed by atoms with van der Waals surface area (Å²) in [6.07, 6.45) is 0. The second kappa shape index (κ2) is 2.79. The molecule has 0 saturated heterocycles. The molecule has 1 nitrogen and oxygen atoms in total. The molecule has 0 spiro atoms. The van der Waals surface area contributed by atoms with E-state index < -0.39 is 16.5 Å². The van der Waals surface area contributed by atoms with Gasteiger partial charge in [0.2, 0.25) is 0 Å². The van der Waals surface area contributed by atoms with Crippen molar-refractivity contribution in [3.05, 3.63) is 7.05 Å². The lowest BCUT2D eigenvalue weighted by atomic mass is 11.6. The van der Waals surface area contributed by atoms with Crippen LogP contribution in [0.1, 0.15) is 0 Å². The summed E-state index contributed by atoms with van der Waals surface area (Å²) in [5.74, 6) is 0. The Morgan fingerprint density at radius 1 is 0.800 bits per heavy atom.